The van der Waals surface area contributed by atoms with E-state index in [0.29, 0.717) is 0 Å². The first-order valence-electron chi connectivity index (χ1n) is 5.79. The SMILES string of the molecule is CCCNCc1ncoc1-c1sc(C)nc1C. The summed E-state index contributed by atoms with van der Waals surface area (Å²) < 4.78 is 5.49. The number of aromatic nitrogens is 2. The summed E-state index contributed by atoms with van der Waals surface area (Å²) >= 11 is 1.65. The largest absolute Gasteiger partial charge is 0.442 e. The molecule has 92 valence electrons. The Morgan fingerprint density at radius 1 is 1.41 bits per heavy atom. The molecule has 0 bridgehead atoms. The third-order valence-corrected chi connectivity index (χ3v) is 3.54. The van der Waals surface area contributed by atoms with Crippen LogP contribution in [-0.2, 0) is 6.54 Å². The molecule has 2 heterocycles. The molecule has 4 nitrogen and oxygen atoms in total. The van der Waals surface area contributed by atoms with Gasteiger partial charge in [-0.25, -0.2) is 9.97 Å². The summed E-state index contributed by atoms with van der Waals surface area (Å²) in [5.41, 5.74) is 1.98. The van der Waals surface area contributed by atoms with Crippen LogP contribution in [-0.4, -0.2) is 16.5 Å². The first kappa shape index (κ1) is 12.3. The third kappa shape index (κ3) is 2.73. The van der Waals surface area contributed by atoms with Crippen molar-refractivity contribution in [3.8, 4) is 10.6 Å². The normalized spacial score (nSPS) is 11.0. The van der Waals surface area contributed by atoms with Gasteiger partial charge in [-0.1, -0.05) is 6.92 Å². The number of hydrogen-bond donors (Lipinski definition) is 1. The number of nitrogens with zero attached hydrogens (tertiary/aromatic N) is 2. The van der Waals surface area contributed by atoms with Crippen molar-refractivity contribution in [3.63, 3.8) is 0 Å². The molecule has 0 atom stereocenters. The summed E-state index contributed by atoms with van der Waals surface area (Å²) in [5, 5.41) is 4.39. The van der Waals surface area contributed by atoms with Gasteiger partial charge in [0.1, 0.15) is 5.69 Å². The predicted octanol–water partition coefficient (Wildman–Crippen LogP) is 2.91. The highest BCUT2D eigenvalue weighted by Gasteiger charge is 2.16. The summed E-state index contributed by atoms with van der Waals surface area (Å²) in [6.45, 7) is 7.90. The Balaban J connectivity index is 2.21. The van der Waals surface area contributed by atoms with Gasteiger partial charge in [-0.05, 0) is 26.8 Å². The zero-order valence-electron chi connectivity index (χ0n) is 10.4. The molecule has 0 fully saturated rings. The Morgan fingerprint density at radius 2 is 2.24 bits per heavy atom. The van der Waals surface area contributed by atoms with Gasteiger partial charge in [0, 0.05) is 6.54 Å². The van der Waals surface area contributed by atoms with E-state index in [1.807, 2.05) is 13.8 Å². The van der Waals surface area contributed by atoms with Crippen molar-refractivity contribution in [2.24, 2.45) is 0 Å². The molecule has 0 aliphatic rings. The quantitative estimate of drug-likeness (QED) is 0.830. The minimum atomic E-state index is 0.746. The third-order valence-electron chi connectivity index (χ3n) is 2.47. The van der Waals surface area contributed by atoms with Gasteiger partial charge in [-0.15, -0.1) is 11.3 Å². The zero-order valence-corrected chi connectivity index (χ0v) is 11.2. The zero-order chi connectivity index (χ0) is 12.3. The van der Waals surface area contributed by atoms with Gasteiger partial charge in [0.2, 0.25) is 0 Å². The Morgan fingerprint density at radius 3 is 2.88 bits per heavy atom. The summed E-state index contributed by atoms with van der Waals surface area (Å²) in [4.78, 5) is 9.77. The molecule has 0 unspecified atom stereocenters. The van der Waals surface area contributed by atoms with Crippen molar-refractivity contribution in [2.45, 2.75) is 33.7 Å². The maximum Gasteiger partial charge on any atom is 0.181 e. The van der Waals surface area contributed by atoms with E-state index >= 15 is 0 Å². The molecule has 0 saturated heterocycles. The average Bonchev–Trinajstić information content (AvgIpc) is 2.85. The molecular formula is C12H17N3OS. The second-order valence-electron chi connectivity index (χ2n) is 3.95. The minimum absolute atomic E-state index is 0.746. The molecule has 2 aromatic rings. The lowest BCUT2D eigenvalue weighted by molar-refractivity contribution is 0.570. The fourth-order valence-electron chi connectivity index (χ4n) is 1.71. The molecule has 0 aliphatic heterocycles. The van der Waals surface area contributed by atoms with E-state index in [0.717, 1.165) is 46.5 Å². The first-order valence-corrected chi connectivity index (χ1v) is 6.61. The van der Waals surface area contributed by atoms with Crippen LogP contribution in [0.5, 0.6) is 0 Å². The van der Waals surface area contributed by atoms with E-state index in [1.54, 1.807) is 11.3 Å². The van der Waals surface area contributed by atoms with E-state index in [-0.39, 0.29) is 0 Å². The van der Waals surface area contributed by atoms with E-state index in [4.69, 9.17) is 4.42 Å². The molecule has 2 aromatic heterocycles. The number of hydrogen-bond acceptors (Lipinski definition) is 5. The van der Waals surface area contributed by atoms with Crippen LogP contribution in [0.3, 0.4) is 0 Å². The molecule has 2 rings (SSSR count). The second-order valence-corrected chi connectivity index (χ2v) is 5.16. The monoisotopic (exact) mass is 251 g/mol. The van der Waals surface area contributed by atoms with Crippen LogP contribution in [0.25, 0.3) is 10.6 Å². The van der Waals surface area contributed by atoms with Crippen LogP contribution < -0.4 is 5.32 Å². The van der Waals surface area contributed by atoms with Gasteiger partial charge in [-0.3, -0.25) is 0 Å². The van der Waals surface area contributed by atoms with Crippen molar-refractivity contribution in [2.75, 3.05) is 6.54 Å². The molecule has 0 amide bonds. The molecule has 5 heteroatoms. The van der Waals surface area contributed by atoms with Crippen molar-refractivity contribution in [1.82, 2.24) is 15.3 Å². The highest BCUT2D eigenvalue weighted by Crippen LogP contribution is 2.31. The topological polar surface area (TPSA) is 51.0 Å². The van der Waals surface area contributed by atoms with Crippen molar-refractivity contribution >= 4 is 11.3 Å². The van der Waals surface area contributed by atoms with Crippen LogP contribution in [0.4, 0.5) is 0 Å². The first-order chi connectivity index (χ1) is 8.22. The molecule has 0 spiro atoms. The lowest BCUT2D eigenvalue weighted by Gasteiger charge is -2.01. The number of aryl methyl sites for hydroxylation is 2. The lowest BCUT2D eigenvalue weighted by atomic mass is 10.2. The Labute approximate surface area is 105 Å². The Kier molecular flexibility index (Phi) is 3.91. The number of nitrogens with one attached hydrogen (secondary N) is 1. The molecular weight excluding hydrogens is 234 g/mol. The second kappa shape index (κ2) is 5.42. The Bertz CT molecular complexity index is 490. The Hall–Kier alpha value is -1.20. The van der Waals surface area contributed by atoms with Gasteiger partial charge >= 0.3 is 0 Å². The van der Waals surface area contributed by atoms with Crippen LogP contribution >= 0.6 is 11.3 Å². The average molecular weight is 251 g/mol. The van der Waals surface area contributed by atoms with E-state index in [1.165, 1.54) is 6.39 Å². The van der Waals surface area contributed by atoms with Gasteiger partial charge in [0.15, 0.2) is 12.2 Å². The molecule has 0 saturated carbocycles. The van der Waals surface area contributed by atoms with Gasteiger partial charge < -0.3 is 9.73 Å². The highest BCUT2D eigenvalue weighted by atomic mass is 32.1. The van der Waals surface area contributed by atoms with E-state index in [9.17, 15) is 0 Å². The number of rotatable bonds is 5. The van der Waals surface area contributed by atoms with Crippen LogP contribution in [0.2, 0.25) is 0 Å². The van der Waals surface area contributed by atoms with E-state index < -0.39 is 0 Å². The molecule has 1 N–H and O–H groups in total. The van der Waals surface area contributed by atoms with Crippen molar-refractivity contribution in [3.05, 3.63) is 22.8 Å². The summed E-state index contributed by atoms with van der Waals surface area (Å²) in [6, 6.07) is 0. The number of oxazole rings is 1. The maximum absolute atomic E-state index is 5.49. The lowest BCUT2D eigenvalue weighted by Crippen LogP contribution is -2.14. The van der Waals surface area contributed by atoms with Gasteiger partial charge in [0.25, 0.3) is 0 Å². The van der Waals surface area contributed by atoms with Crippen molar-refractivity contribution < 1.29 is 4.42 Å². The predicted molar refractivity (Wildman–Crippen MR) is 69.1 cm³/mol. The van der Waals surface area contributed by atoms with E-state index in [2.05, 4.69) is 22.2 Å². The maximum atomic E-state index is 5.49. The standard InChI is InChI=1S/C12H17N3OS/c1-4-5-13-6-10-11(16-7-14-10)12-8(2)15-9(3)17-12/h7,13H,4-6H2,1-3H3. The van der Waals surface area contributed by atoms with Gasteiger partial charge in [0.05, 0.1) is 15.6 Å². The summed E-state index contributed by atoms with van der Waals surface area (Å²) in [5.74, 6) is 0.858. The summed E-state index contributed by atoms with van der Waals surface area (Å²) in [6.07, 6.45) is 2.62. The van der Waals surface area contributed by atoms with Crippen LogP contribution in [0.15, 0.2) is 10.8 Å². The molecule has 0 aromatic carbocycles. The smallest absolute Gasteiger partial charge is 0.181 e. The molecule has 0 radical (unpaired) electrons. The summed E-state index contributed by atoms with van der Waals surface area (Å²) in [7, 11) is 0. The molecule has 0 aliphatic carbocycles. The van der Waals surface area contributed by atoms with Crippen LogP contribution in [0, 0.1) is 13.8 Å². The van der Waals surface area contributed by atoms with Crippen LogP contribution in [0.1, 0.15) is 29.7 Å². The number of thiazole rings is 1. The molecule has 17 heavy (non-hydrogen) atoms. The minimum Gasteiger partial charge on any atom is -0.442 e. The highest BCUT2D eigenvalue weighted by molar-refractivity contribution is 7.15. The van der Waals surface area contributed by atoms with Crippen molar-refractivity contribution in [1.29, 1.82) is 0 Å². The van der Waals surface area contributed by atoms with Gasteiger partial charge in [-0.2, -0.15) is 0 Å². The fourth-order valence-corrected chi connectivity index (χ4v) is 2.64. The fraction of sp³-hybridized carbons (Fsp3) is 0.500.